The molecular formula is C13H14ClFO3S. The van der Waals surface area contributed by atoms with Crippen molar-refractivity contribution in [3.63, 3.8) is 0 Å². The van der Waals surface area contributed by atoms with E-state index >= 15 is 0 Å². The summed E-state index contributed by atoms with van der Waals surface area (Å²) in [4.78, 5) is 0. The van der Waals surface area contributed by atoms with Gasteiger partial charge in [0.1, 0.15) is 18.2 Å². The summed E-state index contributed by atoms with van der Waals surface area (Å²) < 4.78 is 41.0. The largest absolute Gasteiger partial charge is 0.491 e. The van der Waals surface area contributed by atoms with Crippen LogP contribution in [0.25, 0.3) is 0 Å². The van der Waals surface area contributed by atoms with Gasteiger partial charge in [0.25, 0.3) is 0 Å². The number of ether oxygens (including phenoxy) is 1. The molecule has 1 rings (SSSR count). The lowest BCUT2D eigenvalue weighted by atomic mass is 10.2. The van der Waals surface area contributed by atoms with E-state index < -0.39 is 15.7 Å². The van der Waals surface area contributed by atoms with Gasteiger partial charge in [-0.2, -0.15) is 0 Å². The Hall–Kier alpha value is -1.25. The number of alkyl halides is 1. The lowest BCUT2D eigenvalue weighted by Crippen LogP contribution is -2.16. The fraction of sp³-hybridized carbons (Fsp3) is 0.385. The van der Waals surface area contributed by atoms with Crippen molar-refractivity contribution in [1.29, 1.82) is 0 Å². The summed E-state index contributed by atoms with van der Waals surface area (Å²) in [7, 11) is -3.11. The summed E-state index contributed by atoms with van der Waals surface area (Å²) in [5.74, 6) is 5.22. The molecule has 0 unspecified atom stereocenters. The first-order chi connectivity index (χ1) is 8.98. The Kier molecular flexibility index (Phi) is 6.13. The first-order valence-corrected chi connectivity index (χ1v) is 8.01. The Bertz CT molecular complexity index is 588. The molecule has 0 atom stereocenters. The Balaban J connectivity index is 2.79. The number of benzene rings is 1. The van der Waals surface area contributed by atoms with Gasteiger partial charge in [0.05, 0.1) is 17.2 Å². The minimum absolute atomic E-state index is 0.0326. The molecular weight excluding hydrogens is 291 g/mol. The van der Waals surface area contributed by atoms with E-state index in [4.69, 9.17) is 16.3 Å². The fourth-order valence-corrected chi connectivity index (χ4v) is 1.96. The van der Waals surface area contributed by atoms with Crippen LogP contribution in [0, 0.1) is 17.7 Å². The molecule has 0 bridgehead atoms. The van der Waals surface area contributed by atoms with E-state index in [1.54, 1.807) is 6.92 Å². The molecule has 1 aromatic rings. The van der Waals surface area contributed by atoms with Crippen molar-refractivity contribution in [2.24, 2.45) is 0 Å². The highest BCUT2D eigenvalue weighted by Gasteiger charge is 2.09. The molecule has 3 nitrogen and oxygen atoms in total. The highest BCUT2D eigenvalue weighted by Crippen LogP contribution is 2.19. The number of hydrogen-bond acceptors (Lipinski definition) is 3. The van der Waals surface area contributed by atoms with E-state index in [2.05, 4.69) is 11.8 Å². The van der Waals surface area contributed by atoms with Crippen LogP contribution in [-0.4, -0.2) is 32.4 Å². The molecule has 19 heavy (non-hydrogen) atoms. The van der Waals surface area contributed by atoms with Crippen molar-refractivity contribution >= 4 is 21.4 Å². The zero-order valence-corrected chi connectivity index (χ0v) is 12.0. The first kappa shape index (κ1) is 15.8. The van der Waals surface area contributed by atoms with E-state index in [1.807, 2.05) is 0 Å². The van der Waals surface area contributed by atoms with Crippen LogP contribution >= 0.6 is 11.6 Å². The third-order valence-corrected chi connectivity index (χ3v) is 4.13. The quantitative estimate of drug-likeness (QED) is 0.619. The summed E-state index contributed by atoms with van der Waals surface area (Å²) in [6, 6.07) is 3.91. The van der Waals surface area contributed by atoms with Crippen molar-refractivity contribution in [1.82, 2.24) is 0 Å². The summed E-state index contributed by atoms with van der Waals surface area (Å²) in [6.45, 7) is 1.53. The van der Waals surface area contributed by atoms with E-state index in [-0.39, 0.29) is 29.7 Å². The standard InChI is InChI=1S/C13H14ClFO3S/c1-2-19(16,17)9-8-18-13-10-12(15)6-5-11(13)4-3-7-14/h5-6,10H,2,7-9H2,1H3. The van der Waals surface area contributed by atoms with Crippen LogP contribution in [0.4, 0.5) is 4.39 Å². The minimum Gasteiger partial charge on any atom is -0.491 e. The van der Waals surface area contributed by atoms with Gasteiger partial charge in [-0.3, -0.25) is 0 Å². The number of hydrogen-bond donors (Lipinski definition) is 0. The molecule has 0 fully saturated rings. The normalized spacial score (nSPS) is 10.7. The van der Waals surface area contributed by atoms with Crippen molar-refractivity contribution in [2.75, 3.05) is 24.0 Å². The predicted octanol–water partition coefficient (Wildman–Crippen LogP) is 2.23. The van der Waals surface area contributed by atoms with Crippen LogP contribution in [0.15, 0.2) is 18.2 Å². The van der Waals surface area contributed by atoms with E-state index in [1.165, 1.54) is 18.2 Å². The maximum Gasteiger partial charge on any atom is 0.153 e. The first-order valence-electron chi connectivity index (χ1n) is 5.66. The van der Waals surface area contributed by atoms with Crippen molar-refractivity contribution in [3.05, 3.63) is 29.6 Å². The lowest BCUT2D eigenvalue weighted by molar-refractivity contribution is 0.338. The van der Waals surface area contributed by atoms with Crippen molar-refractivity contribution in [2.45, 2.75) is 6.92 Å². The fourth-order valence-electron chi connectivity index (χ4n) is 1.27. The van der Waals surface area contributed by atoms with Gasteiger partial charge < -0.3 is 4.74 Å². The van der Waals surface area contributed by atoms with Crippen molar-refractivity contribution in [3.8, 4) is 17.6 Å². The molecule has 0 aromatic heterocycles. The number of halogens is 2. The van der Waals surface area contributed by atoms with Crippen LogP contribution in [-0.2, 0) is 9.84 Å². The Morgan fingerprint density at radius 2 is 2.16 bits per heavy atom. The summed E-state index contributed by atoms with van der Waals surface area (Å²) in [5, 5.41) is 0. The van der Waals surface area contributed by atoms with Gasteiger partial charge in [-0.05, 0) is 12.1 Å². The molecule has 0 saturated heterocycles. The second-order valence-corrected chi connectivity index (χ2v) is 6.40. The highest BCUT2D eigenvalue weighted by molar-refractivity contribution is 7.91. The molecule has 0 saturated carbocycles. The zero-order valence-electron chi connectivity index (χ0n) is 10.4. The number of rotatable bonds is 5. The van der Waals surface area contributed by atoms with Crippen LogP contribution in [0.3, 0.4) is 0 Å². The second kappa shape index (κ2) is 7.37. The molecule has 0 amide bonds. The van der Waals surface area contributed by atoms with Crippen LogP contribution < -0.4 is 4.74 Å². The van der Waals surface area contributed by atoms with E-state index in [0.29, 0.717) is 5.56 Å². The van der Waals surface area contributed by atoms with Crippen LogP contribution in [0.1, 0.15) is 12.5 Å². The molecule has 104 valence electrons. The monoisotopic (exact) mass is 304 g/mol. The minimum atomic E-state index is -3.11. The van der Waals surface area contributed by atoms with Crippen LogP contribution in [0.5, 0.6) is 5.75 Å². The number of sulfone groups is 1. The summed E-state index contributed by atoms with van der Waals surface area (Å²) >= 11 is 5.45. The van der Waals surface area contributed by atoms with Gasteiger partial charge in [0.2, 0.25) is 0 Å². The molecule has 6 heteroatoms. The molecule has 0 aliphatic carbocycles. The van der Waals surface area contributed by atoms with Gasteiger partial charge in [-0.15, -0.1) is 11.6 Å². The topological polar surface area (TPSA) is 43.4 Å². The molecule has 0 aliphatic rings. The highest BCUT2D eigenvalue weighted by atomic mass is 35.5. The maximum absolute atomic E-state index is 13.1. The second-order valence-electron chi connectivity index (χ2n) is 3.66. The lowest BCUT2D eigenvalue weighted by Gasteiger charge is -2.08. The van der Waals surface area contributed by atoms with Gasteiger partial charge in [-0.25, -0.2) is 12.8 Å². The zero-order chi connectivity index (χ0) is 14.3. The smallest absolute Gasteiger partial charge is 0.153 e. The van der Waals surface area contributed by atoms with Crippen molar-refractivity contribution < 1.29 is 17.5 Å². The molecule has 0 aliphatic heterocycles. The predicted molar refractivity (Wildman–Crippen MR) is 73.8 cm³/mol. The SMILES string of the molecule is CCS(=O)(=O)CCOc1cc(F)ccc1C#CCCl. The van der Waals surface area contributed by atoms with Gasteiger partial charge in [0.15, 0.2) is 9.84 Å². The molecule has 0 N–H and O–H groups in total. The van der Waals surface area contributed by atoms with E-state index in [0.717, 1.165) is 0 Å². The third kappa shape index (κ3) is 5.50. The molecule has 0 heterocycles. The van der Waals surface area contributed by atoms with E-state index in [9.17, 15) is 12.8 Å². The van der Waals surface area contributed by atoms with Gasteiger partial charge in [0, 0.05) is 11.8 Å². The Morgan fingerprint density at radius 3 is 2.79 bits per heavy atom. The maximum atomic E-state index is 13.1. The third-order valence-electron chi connectivity index (χ3n) is 2.33. The molecule has 0 radical (unpaired) electrons. The average molecular weight is 305 g/mol. The molecule has 1 aromatic carbocycles. The summed E-state index contributed by atoms with van der Waals surface area (Å²) in [6.07, 6.45) is 0. The van der Waals surface area contributed by atoms with Crippen LogP contribution in [0.2, 0.25) is 0 Å². The average Bonchev–Trinajstić information content (AvgIpc) is 2.38. The summed E-state index contributed by atoms with van der Waals surface area (Å²) in [5.41, 5.74) is 0.482. The Morgan fingerprint density at radius 1 is 1.42 bits per heavy atom. The Labute approximate surface area is 117 Å². The molecule has 0 spiro atoms. The van der Waals surface area contributed by atoms with Gasteiger partial charge in [-0.1, -0.05) is 18.8 Å². The van der Waals surface area contributed by atoms with Gasteiger partial charge >= 0.3 is 0 Å².